The van der Waals surface area contributed by atoms with Gasteiger partial charge in [-0.1, -0.05) is 67.6 Å². The summed E-state index contributed by atoms with van der Waals surface area (Å²) in [5, 5.41) is 0. The first-order chi connectivity index (χ1) is 12.6. The zero-order valence-corrected chi connectivity index (χ0v) is 16.5. The number of hydrogen-bond donors (Lipinski definition) is 0. The molecule has 0 N–H and O–H groups in total. The van der Waals surface area contributed by atoms with Gasteiger partial charge in [-0.15, -0.1) is 0 Å². The molecule has 132 valence electrons. The smallest absolute Gasteiger partial charge is 0.0630 e. The average molecular weight is 360 g/mol. The zero-order valence-electron chi connectivity index (χ0n) is 15.6. The van der Waals surface area contributed by atoms with E-state index >= 15 is 0 Å². The third-order valence-electron chi connectivity index (χ3n) is 4.57. The van der Waals surface area contributed by atoms with Crippen LogP contribution in [0.4, 0.5) is 5.69 Å². The Morgan fingerprint density at radius 3 is 2.00 bits per heavy atom. The van der Waals surface area contributed by atoms with Crippen LogP contribution in [0.5, 0.6) is 0 Å². The van der Waals surface area contributed by atoms with Crippen molar-refractivity contribution in [3.8, 4) is 0 Å². The molecule has 2 heteroatoms. The molecule has 0 bridgehead atoms. The van der Waals surface area contributed by atoms with Crippen molar-refractivity contribution in [3.63, 3.8) is 0 Å². The SMILES string of the molecule is CC[C@H](C)c1ccc(N=Cc2ccc(Sc3ccc(C)cc3)cc2)cc1. The van der Waals surface area contributed by atoms with Gasteiger partial charge in [-0.25, -0.2) is 0 Å². The van der Waals surface area contributed by atoms with Gasteiger partial charge in [0, 0.05) is 16.0 Å². The van der Waals surface area contributed by atoms with Crippen LogP contribution < -0.4 is 0 Å². The summed E-state index contributed by atoms with van der Waals surface area (Å²) in [6.45, 7) is 6.59. The maximum atomic E-state index is 4.59. The number of aliphatic imine (C=N–C) groups is 1. The average Bonchev–Trinajstić information content (AvgIpc) is 2.69. The number of benzene rings is 3. The van der Waals surface area contributed by atoms with Crippen molar-refractivity contribution >= 4 is 23.7 Å². The Hall–Kier alpha value is -2.32. The van der Waals surface area contributed by atoms with Crippen molar-refractivity contribution in [2.75, 3.05) is 0 Å². The molecule has 0 aromatic heterocycles. The lowest BCUT2D eigenvalue weighted by atomic mass is 9.99. The molecule has 0 fully saturated rings. The van der Waals surface area contributed by atoms with Crippen LogP contribution in [0.3, 0.4) is 0 Å². The Labute approximate surface area is 161 Å². The second kappa shape index (κ2) is 8.86. The summed E-state index contributed by atoms with van der Waals surface area (Å²) in [7, 11) is 0. The molecular formula is C24H25NS. The van der Waals surface area contributed by atoms with Crippen molar-refractivity contribution in [1.82, 2.24) is 0 Å². The quantitative estimate of drug-likeness (QED) is 0.417. The molecule has 3 aromatic rings. The van der Waals surface area contributed by atoms with Crippen molar-refractivity contribution in [2.45, 2.75) is 42.9 Å². The number of rotatable bonds is 6. The molecular weight excluding hydrogens is 334 g/mol. The Balaban J connectivity index is 1.63. The van der Waals surface area contributed by atoms with E-state index in [9.17, 15) is 0 Å². The fourth-order valence-electron chi connectivity index (χ4n) is 2.64. The lowest BCUT2D eigenvalue weighted by Crippen LogP contribution is -1.89. The van der Waals surface area contributed by atoms with Crippen LogP contribution in [0.15, 0.2) is 87.6 Å². The van der Waals surface area contributed by atoms with E-state index < -0.39 is 0 Å². The molecule has 0 saturated heterocycles. The predicted octanol–water partition coefficient (Wildman–Crippen LogP) is 7.41. The summed E-state index contributed by atoms with van der Waals surface area (Å²) in [5.74, 6) is 0.603. The maximum Gasteiger partial charge on any atom is 0.0630 e. The van der Waals surface area contributed by atoms with Crippen molar-refractivity contribution in [2.24, 2.45) is 4.99 Å². The fraction of sp³-hybridized carbons (Fsp3) is 0.208. The maximum absolute atomic E-state index is 4.59. The Morgan fingerprint density at radius 1 is 0.846 bits per heavy atom. The van der Waals surface area contributed by atoms with E-state index in [1.165, 1.54) is 20.9 Å². The second-order valence-electron chi connectivity index (χ2n) is 6.64. The molecule has 0 radical (unpaired) electrons. The largest absolute Gasteiger partial charge is 0.256 e. The van der Waals surface area contributed by atoms with E-state index in [1.807, 2.05) is 6.21 Å². The molecule has 0 aliphatic rings. The van der Waals surface area contributed by atoms with E-state index in [-0.39, 0.29) is 0 Å². The van der Waals surface area contributed by atoms with Crippen LogP contribution in [0.25, 0.3) is 0 Å². The lowest BCUT2D eigenvalue weighted by molar-refractivity contribution is 0.734. The van der Waals surface area contributed by atoms with Crippen LogP contribution in [-0.2, 0) is 0 Å². The zero-order chi connectivity index (χ0) is 18.4. The van der Waals surface area contributed by atoms with Crippen molar-refractivity contribution in [3.05, 3.63) is 89.5 Å². The van der Waals surface area contributed by atoms with Gasteiger partial charge in [0.25, 0.3) is 0 Å². The Bertz CT molecular complexity index is 846. The molecule has 0 saturated carbocycles. The molecule has 0 heterocycles. The van der Waals surface area contributed by atoms with Crippen molar-refractivity contribution in [1.29, 1.82) is 0 Å². The molecule has 0 aliphatic carbocycles. The minimum atomic E-state index is 0.603. The normalized spacial score (nSPS) is 12.4. The number of hydrogen-bond acceptors (Lipinski definition) is 2. The lowest BCUT2D eigenvalue weighted by Gasteiger charge is -2.08. The summed E-state index contributed by atoms with van der Waals surface area (Å²) < 4.78 is 0. The van der Waals surface area contributed by atoms with Crippen molar-refractivity contribution < 1.29 is 0 Å². The molecule has 0 amide bonds. The highest BCUT2D eigenvalue weighted by molar-refractivity contribution is 7.99. The van der Waals surface area contributed by atoms with Gasteiger partial charge in [-0.3, -0.25) is 4.99 Å². The summed E-state index contributed by atoms with van der Waals surface area (Å²) in [4.78, 5) is 7.10. The van der Waals surface area contributed by atoms with E-state index in [0.717, 1.165) is 17.7 Å². The van der Waals surface area contributed by atoms with E-state index in [1.54, 1.807) is 11.8 Å². The van der Waals surface area contributed by atoms with Crippen LogP contribution in [0.1, 0.15) is 42.9 Å². The first kappa shape index (κ1) is 18.5. The summed E-state index contributed by atoms with van der Waals surface area (Å²) in [6.07, 6.45) is 3.09. The van der Waals surface area contributed by atoms with Crippen LogP contribution in [0, 0.1) is 6.92 Å². The van der Waals surface area contributed by atoms with E-state index in [2.05, 4.69) is 98.6 Å². The molecule has 3 rings (SSSR count). The van der Waals surface area contributed by atoms with Gasteiger partial charge in [-0.05, 0) is 66.8 Å². The predicted molar refractivity (Wildman–Crippen MR) is 114 cm³/mol. The highest BCUT2D eigenvalue weighted by atomic mass is 32.2. The minimum Gasteiger partial charge on any atom is -0.256 e. The monoisotopic (exact) mass is 359 g/mol. The van der Waals surface area contributed by atoms with Gasteiger partial charge < -0.3 is 0 Å². The van der Waals surface area contributed by atoms with Gasteiger partial charge in [-0.2, -0.15) is 0 Å². The summed E-state index contributed by atoms with van der Waals surface area (Å²) >= 11 is 1.78. The first-order valence-electron chi connectivity index (χ1n) is 9.12. The Morgan fingerprint density at radius 2 is 1.42 bits per heavy atom. The van der Waals surface area contributed by atoms with Crippen LogP contribution in [-0.4, -0.2) is 6.21 Å². The molecule has 0 spiro atoms. The van der Waals surface area contributed by atoms with Gasteiger partial charge in [0.15, 0.2) is 0 Å². The van der Waals surface area contributed by atoms with E-state index in [0.29, 0.717) is 5.92 Å². The molecule has 0 aliphatic heterocycles. The molecule has 1 atom stereocenters. The number of nitrogens with zero attached hydrogens (tertiary/aromatic N) is 1. The second-order valence-corrected chi connectivity index (χ2v) is 7.79. The third kappa shape index (κ3) is 5.09. The third-order valence-corrected chi connectivity index (χ3v) is 5.59. The van der Waals surface area contributed by atoms with Gasteiger partial charge in [0.2, 0.25) is 0 Å². The number of aryl methyl sites for hydroxylation is 1. The van der Waals surface area contributed by atoms with Crippen LogP contribution >= 0.6 is 11.8 Å². The summed E-state index contributed by atoms with van der Waals surface area (Å²) in [5.41, 5.74) is 4.78. The van der Waals surface area contributed by atoms with Crippen LogP contribution in [0.2, 0.25) is 0 Å². The Kier molecular flexibility index (Phi) is 6.30. The highest BCUT2D eigenvalue weighted by Crippen LogP contribution is 2.28. The fourth-order valence-corrected chi connectivity index (χ4v) is 3.45. The molecule has 26 heavy (non-hydrogen) atoms. The van der Waals surface area contributed by atoms with Gasteiger partial charge in [0.05, 0.1) is 5.69 Å². The van der Waals surface area contributed by atoms with Gasteiger partial charge >= 0.3 is 0 Å². The molecule has 0 unspecified atom stereocenters. The molecule has 1 nitrogen and oxygen atoms in total. The first-order valence-corrected chi connectivity index (χ1v) is 9.94. The van der Waals surface area contributed by atoms with Gasteiger partial charge in [0.1, 0.15) is 0 Å². The summed E-state index contributed by atoms with van der Waals surface area (Å²) in [6, 6.07) is 25.7. The molecule has 3 aromatic carbocycles. The minimum absolute atomic E-state index is 0.603. The highest BCUT2D eigenvalue weighted by Gasteiger charge is 2.02. The van der Waals surface area contributed by atoms with E-state index in [4.69, 9.17) is 0 Å². The topological polar surface area (TPSA) is 12.4 Å². The standard InChI is InChI=1S/C24H25NS/c1-4-19(3)21-9-11-22(12-10-21)25-17-20-7-15-24(16-8-20)26-23-13-5-18(2)6-14-23/h5-17,19H,4H2,1-3H3/t19-/m0/s1.